The molecule has 0 bridgehead atoms. The first-order valence-electron chi connectivity index (χ1n) is 6.43. The molecule has 2 amide bonds. The minimum Gasteiger partial charge on any atom is -0.457 e. The van der Waals surface area contributed by atoms with Gasteiger partial charge in [-0.2, -0.15) is 4.79 Å². The van der Waals surface area contributed by atoms with Crippen LogP contribution < -0.4 is 0 Å². The van der Waals surface area contributed by atoms with Crippen molar-refractivity contribution in [2.24, 2.45) is 0 Å². The van der Waals surface area contributed by atoms with Crippen LogP contribution in [0.3, 0.4) is 0 Å². The maximum Gasteiger partial charge on any atom is 0.416 e. The zero-order chi connectivity index (χ0) is 15.4. The van der Waals surface area contributed by atoms with E-state index in [1.54, 1.807) is 31.2 Å². The first-order valence-corrected chi connectivity index (χ1v) is 6.43. The van der Waals surface area contributed by atoms with Gasteiger partial charge < -0.3 is 10.3 Å². The molecule has 0 fully saturated rings. The van der Waals surface area contributed by atoms with E-state index in [0.717, 1.165) is 4.90 Å². The highest BCUT2D eigenvalue weighted by molar-refractivity contribution is 6.34. The first kappa shape index (κ1) is 14.6. The highest BCUT2D eigenvalue weighted by atomic mass is 16.5. The van der Waals surface area contributed by atoms with Gasteiger partial charge in [0.25, 0.3) is 11.8 Å². The van der Waals surface area contributed by atoms with Gasteiger partial charge in [-0.3, -0.25) is 14.5 Å². The summed E-state index contributed by atoms with van der Waals surface area (Å²) in [5.41, 5.74) is 9.24. The summed E-state index contributed by atoms with van der Waals surface area (Å²) in [5.74, 6) is -1.61. The molecule has 1 aliphatic heterocycles. The third-order valence-electron chi connectivity index (χ3n) is 3.08. The molecule has 0 atom stereocenters. The van der Waals surface area contributed by atoms with E-state index in [-0.39, 0.29) is 25.3 Å². The molecule has 0 radical (unpaired) electrons. The molecule has 0 saturated carbocycles. The van der Waals surface area contributed by atoms with Gasteiger partial charge in [-0.1, -0.05) is 12.1 Å². The van der Waals surface area contributed by atoms with Gasteiger partial charge in [-0.05, 0) is 19.1 Å². The Morgan fingerprint density at radius 1 is 1.24 bits per heavy atom. The Balaban J connectivity index is 2.09. The molecule has 0 aliphatic carbocycles. The summed E-state index contributed by atoms with van der Waals surface area (Å²) in [4.78, 5) is 39.5. The largest absolute Gasteiger partial charge is 0.457 e. The second-order valence-corrected chi connectivity index (χ2v) is 4.32. The lowest BCUT2D eigenvalue weighted by molar-refractivity contribution is -0.140. The van der Waals surface area contributed by atoms with E-state index in [1.165, 1.54) is 0 Å². The van der Waals surface area contributed by atoms with Crippen LogP contribution in [0.4, 0.5) is 0 Å². The number of carbonyl (C=O) groups is 3. The van der Waals surface area contributed by atoms with Crippen molar-refractivity contribution in [3.05, 3.63) is 40.9 Å². The zero-order valence-corrected chi connectivity index (χ0v) is 11.4. The fraction of sp³-hybridized carbons (Fsp3) is 0.286. The van der Waals surface area contributed by atoms with Crippen LogP contribution in [-0.4, -0.2) is 46.3 Å². The van der Waals surface area contributed by atoms with Gasteiger partial charge in [0.15, 0.2) is 0 Å². The fourth-order valence-electron chi connectivity index (χ4n) is 2.07. The number of fused-ring (bicyclic) bond motifs is 1. The number of esters is 1. The predicted octanol–water partition coefficient (Wildman–Crippen LogP) is 0.907. The number of hydrogen-bond acceptors (Lipinski definition) is 4. The molecule has 0 N–H and O–H groups in total. The summed E-state index contributed by atoms with van der Waals surface area (Å²) >= 11 is 0. The molecule has 2 rings (SSSR count). The second-order valence-electron chi connectivity index (χ2n) is 4.32. The maximum atomic E-state index is 12.1. The summed E-state index contributed by atoms with van der Waals surface area (Å²) < 4.78 is 4.71. The fourth-order valence-corrected chi connectivity index (χ4v) is 2.07. The third-order valence-corrected chi connectivity index (χ3v) is 3.08. The Labute approximate surface area is 120 Å². The van der Waals surface area contributed by atoms with Crippen molar-refractivity contribution in [1.29, 1.82) is 0 Å². The van der Waals surface area contributed by atoms with Crippen LogP contribution >= 0.6 is 0 Å². The predicted molar refractivity (Wildman–Crippen MR) is 71.7 cm³/mol. The van der Waals surface area contributed by atoms with Crippen molar-refractivity contribution >= 4 is 23.5 Å². The highest BCUT2D eigenvalue weighted by Gasteiger charge is 2.36. The third kappa shape index (κ3) is 2.73. The van der Waals surface area contributed by atoms with Crippen LogP contribution in [0.15, 0.2) is 24.3 Å². The van der Waals surface area contributed by atoms with E-state index >= 15 is 0 Å². The van der Waals surface area contributed by atoms with Crippen molar-refractivity contribution in [3.8, 4) is 0 Å². The number of ether oxygens (including phenoxy) is 1. The van der Waals surface area contributed by atoms with Crippen LogP contribution in [0.2, 0.25) is 0 Å². The van der Waals surface area contributed by atoms with Crippen molar-refractivity contribution < 1.29 is 23.9 Å². The molecule has 1 heterocycles. The van der Waals surface area contributed by atoms with E-state index in [2.05, 4.69) is 4.79 Å². The second kappa shape index (κ2) is 6.11. The van der Waals surface area contributed by atoms with E-state index in [0.29, 0.717) is 11.1 Å². The van der Waals surface area contributed by atoms with E-state index in [4.69, 9.17) is 10.3 Å². The molecule has 0 aromatic heterocycles. The number of carbonyl (C=O) groups excluding carboxylic acids is 3. The molecule has 1 aromatic rings. The molecule has 0 saturated heterocycles. The molecular weight excluding hydrogens is 274 g/mol. The van der Waals surface area contributed by atoms with Gasteiger partial charge in [0.05, 0.1) is 24.2 Å². The average Bonchev–Trinajstić information content (AvgIpc) is 2.73. The summed E-state index contributed by atoms with van der Waals surface area (Å²) in [5, 5.41) is 0. The Hall–Kier alpha value is -2.79. The van der Waals surface area contributed by atoms with Crippen molar-refractivity contribution in [3.63, 3.8) is 0 Å². The molecule has 0 unspecified atom stereocenters. The highest BCUT2D eigenvalue weighted by Crippen LogP contribution is 2.22. The van der Waals surface area contributed by atoms with E-state index in [9.17, 15) is 14.4 Å². The molecule has 21 heavy (non-hydrogen) atoms. The Bertz CT molecular complexity index is 627. The number of amides is 2. The summed E-state index contributed by atoms with van der Waals surface area (Å²) in [6.07, 6.45) is -0.0686. The topological polar surface area (TPSA) is 100 Å². The van der Waals surface area contributed by atoms with Gasteiger partial charge in [-0.25, -0.2) is 4.79 Å². The molecule has 1 aromatic carbocycles. The summed E-state index contributed by atoms with van der Waals surface area (Å²) in [7, 11) is 0. The maximum absolute atomic E-state index is 12.1. The van der Waals surface area contributed by atoms with Crippen LogP contribution in [0.5, 0.6) is 0 Å². The van der Waals surface area contributed by atoms with E-state index in [1.807, 2.05) is 0 Å². The van der Waals surface area contributed by atoms with Gasteiger partial charge >= 0.3 is 11.7 Å². The molecule has 7 nitrogen and oxygen atoms in total. The Morgan fingerprint density at radius 2 is 1.81 bits per heavy atom. The van der Waals surface area contributed by atoms with Gasteiger partial charge in [0.2, 0.25) is 0 Å². The number of hydrogen-bond donors (Lipinski definition) is 0. The van der Waals surface area contributed by atoms with Gasteiger partial charge in [-0.15, -0.1) is 0 Å². The van der Waals surface area contributed by atoms with Crippen LogP contribution in [-0.2, 0) is 9.53 Å². The Kier molecular flexibility index (Phi) is 4.25. The van der Waals surface area contributed by atoms with Crippen LogP contribution in [0.25, 0.3) is 5.53 Å². The SMILES string of the molecule is CCOC(=O)C(CCN1C(=O)c2ccccc2C1=O)=[N+]=[N-]. The first-order chi connectivity index (χ1) is 10.1. The Morgan fingerprint density at radius 3 is 2.29 bits per heavy atom. The molecule has 108 valence electrons. The molecular formula is C14H13N3O4. The van der Waals surface area contributed by atoms with Crippen molar-refractivity contribution in [1.82, 2.24) is 4.90 Å². The normalized spacial score (nSPS) is 12.9. The number of rotatable bonds is 5. The molecule has 1 aliphatic rings. The lowest BCUT2D eigenvalue weighted by atomic mass is 10.1. The van der Waals surface area contributed by atoms with E-state index < -0.39 is 17.8 Å². The smallest absolute Gasteiger partial charge is 0.416 e. The summed E-state index contributed by atoms with van der Waals surface area (Å²) in [6, 6.07) is 6.49. The molecule has 0 spiro atoms. The standard InChI is InChI=1S/C14H13N3O4/c1-2-21-14(20)11(16-15)7-8-17-12(18)9-5-3-4-6-10(9)13(17)19/h3-6H,2,7-8H2,1H3. The van der Waals surface area contributed by atoms with Gasteiger partial charge in [0.1, 0.15) is 0 Å². The molecule has 7 heteroatoms. The van der Waals surface area contributed by atoms with Crippen molar-refractivity contribution in [2.75, 3.05) is 13.2 Å². The minimum atomic E-state index is -0.767. The minimum absolute atomic E-state index is 0.0510. The zero-order valence-electron chi connectivity index (χ0n) is 11.4. The number of benzene rings is 1. The van der Waals surface area contributed by atoms with Crippen LogP contribution in [0.1, 0.15) is 34.1 Å². The van der Waals surface area contributed by atoms with Gasteiger partial charge in [0, 0.05) is 6.54 Å². The lowest BCUT2D eigenvalue weighted by Gasteiger charge is -2.11. The summed E-state index contributed by atoms with van der Waals surface area (Å²) in [6.45, 7) is 1.71. The number of nitrogens with zero attached hydrogens (tertiary/aromatic N) is 3. The number of imide groups is 1. The van der Waals surface area contributed by atoms with Crippen molar-refractivity contribution in [2.45, 2.75) is 13.3 Å². The average molecular weight is 287 g/mol. The monoisotopic (exact) mass is 287 g/mol. The van der Waals surface area contributed by atoms with Crippen LogP contribution in [0, 0.1) is 0 Å². The quantitative estimate of drug-likeness (QED) is 0.264. The lowest BCUT2D eigenvalue weighted by Crippen LogP contribution is -2.33.